The fourth-order valence-electron chi connectivity index (χ4n) is 3.71. The number of benzene rings is 1. The van der Waals surface area contributed by atoms with Crippen molar-refractivity contribution in [3.05, 3.63) is 58.4 Å². The first-order valence-corrected chi connectivity index (χ1v) is 10.9. The number of aromatic nitrogens is 3. The van der Waals surface area contributed by atoms with E-state index in [2.05, 4.69) is 15.4 Å². The summed E-state index contributed by atoms with van der Waals surface area (Å²) in [5.41, 5.74) is 1.90. The molecule has 2 amide bonds. The van der Waals surface area contributed by atoms with Crippen LogP contribution in [0.15, 0.2) is 36.7 Å². The largest absolute Gasteiger partial charge is 0.497 e. The van der Waals surface area contributed by atoms with Gasteiger partial charge in [-0.3, -0.25) is 24.4 Å². The highest BCUT2D eigenvalue weighted by molar-refractivity contribution is 7.17. The van der Waals surface area contributed by atoms with E-state index in [0.29, 0.717) is 40.0 Å². The molecule has 0 unspecified atom stereocenters. The second-order valence-electron chi connectivity index (χ2n) is 7.73. The number of aryl methyl sites for hydroxylation is 1. The van der Waals surface area contributed by atoms with Gasteiger partial charge in [-0.05, 0) is 18.2 Å². The number of Topliss-reactive ketones (excluding diaryl/α,β-unsaturated/α-hetero) is 1. The molecule has 1 N–H and O–H groups in total. The lowest BCUT2D eigenvalue weighted by molar-refractivity contribution is -0.134. The molecular formula is C22H23N5O4S. The van der Waals surface area contributed by atoms with Gasteiger partial charge in [-0.1, -0.05) is 17.4 Å². The van der Waals surface area contributed by atoms with Crippen LogP contribution in [-0.2, 0) is 24.8 Å². The van der Waals surface area contributed by atoms with Crippen LogP contribution >= 0.6 is 11.3 Å². The standard InChI is InChI=1S/C22H23N5O4S/c1-26(11-13-10-23-27(2)12-13)21(30)15-8-17-19(18(28)9-15)32-22(24-17)25-20(29)14-5-4-6-16(7-14)31-3/h4-7,10,12,15H,8-9,11H2,1-3H3,(H,24,25,29)/t15-/m1/s1. The number of amides is 2. The molecule has 0 fully saturated rings. The summed E-state index contributed by atoms with van der Waals surface area (Å²) in [7, 11) is 5.07. The van der Waals surface area contributed by atoms with E-state index in [0.717, 1.165) is 16.9 Å². The van der Waals surface area contributed by atoms with Gasteiger partial charge in [0.25, 0.3) is 5.91 Å². The number of carbonyl (C=O) groups excluding carboxylic acids is 3. The number of carbonyl (C=O) groups is 3. The van der Waals surface area contributed by atoms with Crippen molar-refractivity contribution >= 4 is 34.1 Å². The highest BCUT2D eigenvalue weighted by Crippen LogP contribution is 2.33. The van der Waals surface area contributed by atoms with Crippen molar-refractivity contribution in [3.8, 4) is 5.75 Å². The van der Waals surface area contributed by atoms with Crippen molar-refractivity contribution in [3.63, 3.8) is 0 Å². The molecule has 9 nitrogen and oxygen atoms in total. The van der Waals surface area contributed by atoms with Crippen LogP contribution in [0.25, 0.3) is 0 Å². The lowest BCUT2D eigenvalue weighted by Crippen LogP contribution is -2.36. The third-order valence-electron chi connectivity index (χ3n) is 5.28. The number of thiazole rings is 1. The molecule has 166 valence electrons. The molecule has 1 aliphatic carbocycles. The van der Waals surface area contributed by atoms with Gasteiger partial charge in [-0.25, -0.2) is 4.98 Å². The molecule has 1 aliphatic rings. The monoisotopic (exact) mass is 453 g/mol. The normalized spacial score (nSPS) is 15.2. The number of ether oxygens (including phenoxy) is 1. The Balaban J connectivity index is 1.44. The minimum atomic E-state index is -0.472. The zero-order valence-corrected chi connectivity index (χ0v) is 18.8. The van der Waals surface area contributed by atoms with E-state index < -0.39 is 5.92 Å². The maximum Gasteiger partial charge on any atom is 0.257 e. The molecule has 3 aromatic rings. The lowest BCUT2D eigenvalue weighted by atomic mass is 9.89. The fraction of sp³-hybridized carbons (Fsp3) is 0.318. The Morgan fingerprint density at radius 3 is 2.88 bits per heavy atom. The van der Waals surface area contributed by atoms with Crippen molar-refractivity contribution in [1.29, 1.82) is 0 Å². The summed E-state index contributed by atoms with van der Waals surface area (Å²) in [6.07, 6.45) is 4.06. The van der Waals surface area contributed by atoms with Crippen molar-refractivity contribution in [2.75, 3.05) is 19.5 Å². The first-order valence-electron chi connectivity index (χ1n) is 10.0. The second kappa shape index (κ2) is 8.91. The fourth-order valence-corrected chi connectivity index (χ4v) is 4.65. The van der Waals surface area contributed by atoms with E-state index in [-0.39, 0.29) is 24.0 Å². The molecule has 1 aromatic carbocycles. The van der Waals surface area contributed by atoms with Crippen LogP contribution < -0.4 is 10.1 Å². The lowest BCUT2D eigenvalue weighted by Gasteiger charge is -2.25. The molecule has 32 heavy (non-hydrogen) atoms. The van der Waals surface area contributed by atoms with Gasteiger partial charge in [0.1, 0.15) is 5.75 Å². The average molecular weight is 454 g/mol. The zero-order chi connectivity index (χ0) is 22.8. The Hall–Kier alpha value is -3.53. The van der Waals surface area contributed by atoms with Crippen LogP contribution in [0.5, 0.6) is 5.75 Å². The zero-order valence-electron chi connectivity index (χ0n) is 18.0. The molecule has 1 atom stereocenters. The van der Waals surface area contributed by atoms with Gasteiger partial charge in [0.2, 0.25) is 5.91 Å². The summed E-state index contributed by atoms with van der Waals surface area (Å²) in [4.78, 5) is 44.7. The van der Waals surface area contributed by atoms with Gasteiger partial charge >= 0.3 is 0 Å². The highest BCUT2D eigenvalue weighted by Gasteiger charge is 2.34. The van der Waals surface area contributed by atoms with E-state index in [4.69, 9.17) is 4.74 Å². The number of methoxy groups -OCH3 is 1. The predicted octanol–water partition coefficient (Wildman–Crippen LogP) is 2.54. The number of hydrogen-bond donors (Lipinski definition) is 1. The summed E-state index contributed by atoms with van der Waals surface area (Å²) in [6.45, 7) is 0.420. The van der Waals surface area contributed by atoms with Crippen LogP contribution in [-0.4, -0.2) is 51.4 Å². The molecule has 0 aliphatic heterocycles. The Morgan fingerprint density at radius 2 is 2.16 bits per heavy atom. The van der Waals surface area contributed by atoms with Crippen LogP contribution in [0.1, 0.15) is 37.7 Å². The van der Waals surface area contributed by atoms with E-state index in [1.165, 1.54) is 7.11 Å². The number of fused-ring (bicyclic) bond motifs is 1. The molecule has 0 spiro atoms. The SMILES string of the molecule is COc1cccc(C(=O)Nc2nc3c(s2)C(=O)C[C@H](C(=O)N(C)Cc2cnn(C)c2)C3)c1. The Bertz CT molecular complexity index is 1180. The molecular weight excluding hydrogens is 430 g/mol. The first-order chi connectivity index (χ1) is 15.3. The van der Waals surface area contributed by atoms with Crippen molar-refractivity contribution < 1.29 is 19.1 Å². The molecule has 4 rings (SSSR count). The minimum Gasteiger partial charge on any atom is -0.497 e. The molecule has 10 heteroatoms. The number of nitrogens with one attached hydrogen (secondary N) is 1. The summed E-state index contributed by atoms with van der Waals surface area (Å²) in [5.74, 6) is -0.475. The predicted molar refractivity (Wildman–Crippen MR) is 119 cm³/mol. The summed E-state index contributed by atoms with van der Waals surface area (Å²) >= 11 is 1.14. The number of hydrogen-bond acceptors (Lipinski definition) is 7. The Kier molecular flexibility index (Phi) is 6.04. The minimum absolute atomic E-state index is 0.109. The quantitative estimate of drug-likeness (QED) is 0.615. The van der Waals surface area contributed by atoms with Crippen molar-refractivity contribution in [2.24, 2.45) is 13.0 Å². The van der Waals surface area contributed by atoms with Crippen LogP contribution in [0.4, 0.5) is 5.13 Å². The third-order valence-corrected chi connectivity index (χ3v) is 6.33. The molecule has 0 radical (unpaired) electrons. The van der Waals surface area contributed by atoms with Crippen LogP contribution in [0.2, 0.25) is 0 Å². The van der Waals surface area contributed by atoms with Gasteiger partial charge < -0.3 is 9.64 Å². The topological polar surface area (TPSA) is 106 Å². The number of anilines is 1. The Morgan fingerprint density at radius 1 is 1.34 bits per heavy atom. The van der Waals surface area contributed by atoms with E-state index in [9.17, 15) is 14.4 Å². The molecule has 0 saturated heterocycles. The first kappa shape index (κ1) is 21.7. The van der Waals surface area contributed by atoms with E-state index >= 15 is 0 Å². The number of nitrogens with zero attached hydrogens (tertiary/aromatic N) is 4. The highest BCUT2D eigenvalue weighted by atomic mass is 32.1. The van der Waals surface area contributed by atoms with Crippen molar-refractivity contribution in [1.82, 2.24) is 19.7 Å². The van der Waals surface area contributed by atoms with Crippen molar-refractivity contribution in [2.45, 2.75) is 19.4 Å². The molecule has 0 saturated carbocycles. The number of ketones is 1. The molecule has 2 aromatic heterocycles. The summed E-state index contributed by atoms with van der Waals surface area (Å²) in [6, 6.07) is 6.77. The Labute approximate surface area is 189 Å². The van der Waals surface area contributed by atoms with Gasteiger partial charge in [-0.2, -0.15) is 5.10 Å². The second-order valence-corrected chi connectivity index (χ2v) is 8.72. The van der Waals surface area contributed by atoms with Crippen LogP contribution in [0.3, 0.4) is 0 Å². The summed E-state index contributed by atoms with van der Waals surface area (Å²) in [5, 5.41) is 7.20. The molecule has 0 bridgehead atoms. The summed E-state index contributed by atoms with van der Waals surface area (Å²) < 4.78 is 6.83. The van der Waals surface area contributed by atoms with E-state index in [1.54, 1.807) is 47.1 Å². The average Bonchev–Trinajstić information content (AvgIpc) is 3.38. The third kappa shape index (κ3) is 4.54. The molecule has 2 heterocycles. The maximum absolute atomic E-state index is 12.9. The number of rotatable bonds is 6. The maximum atomic E-state index is 12.9. The van der Waals surface area contributed by atoms with E-state index in [1.807, 2.05) is 13.2 Å². The van der Waals surface area contributed by atoms with Gasteiger partial charge in [-0.15, -0.1) is 0 Å². The van der Waals surface area contributed by atoms with Gasteiger partial charge in [0.05, 0.1) is 29.8 Å². The smallest absolute Gasteiger partial charge is 0.257 e. The van der Waals surface area contributed by atoms with Gasteiger partial charge in [0, 0.05) is 50.8 Å². The van der Waals surface area contributed by atoms with Crippen LogP contribution in [0, 0.1) is 5.92 Å². The van der Waals surface area contributed by atoms with Gasteiger partial charge in [0.15, 0.2) is 10.9 Å².